The topological polar surface area (TPSA) is 34.1 Å². The van der Waals surface area contributed by atoms with Crippen LogP contribution in [0.2, 0.25) is 0 Å². The van der Waals surface area contributed by atoms with Crippen LogP contribution in [0.25, 0.3) is 0 Å². The van der Waals surface area contributed by atoms with Gasteiger partial charge in [0.25, 0.3) is 0 Å². The molecule has 4 heteroatoms. The Bertz CT molecular complexity index is 596. The quantitative estimate of drug-likeness (QED) is 0.787. The normalized spacial score (nSPS) is 12.1. The maximum absolute atomic E-state index is 13.4. The van der Waals surface area contributed by atoms with Crippen LogP contribution in [-0.4, -0.2) is 15.7 Å². The first-order valence-corrected chi connectivity index (χ1v) is 7.32. The minimum absolute atomic E-state index is 0.00362. The van der Waals surface area contributed by atoms with Crippen LogP contribution in [0.3, 0.4) is 0 Å². The standard InChI is InChI=1S/C15H13FO2S/c16-14-9-5-4-8-13(14)15(17)11-19(18)10-12-6-2-1-3-7-12/h1-9H,10-11H2. The fourth-order valence-corrected chi connectivity index (χ4v) is 2.84. The van der Waals surface area contributed by atoms with Crippen molar-refractivity contribution in [2.45, 2.75) is 5.75 Å². The number of carbonyl (C=O) groups excluding carboxylic acids is 1. The molecule has 0 aliphatic rings. The van der Waals surface area contributed by atoms with Gasteiger partial charge < -0.3 is 0 Å². The van der Waals surface area contributed by atoms with E-state index in [-0.39, 0.29) is 11.3 Å². The van der Waals surface area contributed by atoms with E-state index >= 15 is 0 Å². The molecule has 2 aromatic carbocycles. The number of ketones is 1. The summed E-state index contributed by atoms with van der Waals surface area (Å²) < 4.78 is 25.3. The lowest BCUT2D eigenvalue weighted by Gasteiger charge is -2.03. The lowest BCUT2D eigenvalue weighted by Crippen LogP contribution is -2.13. The summed E-state index contributed by atoms with van der Waals surface area (Å²) in [5.74, 6) is -0.840. The Morgan fingerprint density at radius 3 is 2.32 bits per heavy atom. The molecule has 19 heavy (non-hydrogen) atoms. The first-order valence-electron chi connectivity index (χ1n) is 5.83. The van der Waals surface area contributed by atoms with Crippen LogP contribution in [0.1, 0.15) is 15.9 Å². The molecule has 2 nitrogen and oxygen atoms in total. The van der Waals surface area contributed by atoms with Crippen molar-refractivity contribution < 1.29 is 13.4 Å². The Labute approximate surface area is 113 Å². The third-order valence-electron chi connectivity index (χ3n) is 2.64. The van der Waals surface area contributed by atoms with E-state index in [4.69, 9.17) is 0 Å². The molecule has 0 saturated heterocycles. The molecule has 0 radical (unpaired) electrons. The third kappa shape index (κ3) is 3.83. The summed E-state index contributed by atoms with van der Waals surface area (Å²) in [4.78, 5) is 11.8. The van der Waals surface area contributed by atoms with Crippen molar-refractivity contribution in [3.8, 4) is 0 Å². The zero-order chi connectivity index (χ0) is 13.7. The summed E-state index contributed by atoms with van der Waals surface area (Å²) in [6.07, 6.45) is 0. The van der Waals surface area contributed by atoms with E-state index in [0.29, 0.717) is 5.75 Å². The number of rotatable bonds is 5. The fraction of sp³-hybridized carbons (Fsp3) is 0.133. The van der Waals surface area contributed by atoms with Gasteiger partial charge in [-0.25, -0.2) is 4.39 Å². The van der Waals surface area contributed by atoms with Crippen molar-refractivity contribution in [3.63, 3.8) is 0 Å². The second-order valence-electron chi connectivity index (χ2n) is 4.12. The molecule has 0 bridgehead atoms. The van der Waals surface area contributed by atoms with Crippen molar-refractivity contribution in [1.82, 2.24) is 0 Å². The number of hydrogen-bond donors (Lipinski definition) is 0. The molecule has 0 N–H and O–H groups in total. The van der Waals surface area contributed by atoms with Gasteiger partial charge in [-0.15, -0.1) is 0 Å². The van der Waals surface area contributed by atoms with E-state index in [2.05, 4.69) is 0 Å². The maximum Gasteiger partial charge on any atom is 0.178 e. The van der Waals surface area contributed by atoms with E-state index in [1.54, 1.807) is 6.07 Å². The Balaban J connectivity index is 2.00. The van der Waals surface area contributed by atoms with Crippen molar-refractivity contribution in [2.24, 2.45) is 0 Å². The van der Waals surface area contributed by atoms with Gasteiger partial charge in [0, 0.05) is 16.6 Å². The monoisotopic (exact) mass is 276 g/mol. The Kier molecular flexibility index (Phi) is 4.58. The highest BCUT2D eigenvalue weighted by Gasteiger charge is 2.14. The molecular formula is C15H13FO2S. The van der Waals surface area contributed by atoms with Crippen molar-refractivity contribution in [2.75, 3.05) is 5.75 Å². The first-order chi connectivity index (χ1) is 9.16. The van der Waals surface area contributed by atoms with Crippen LogP contribution in [-0.2, 0) is 16.6 Å². The summed E-state index contributed by atoms with van der Waals surface area (Å²) in [7, 11) is -1.33. The van der Waals surface area contributed by atoms with Crippen LogP contribution in [0.4, 0.5) is 4.39 Å². The summed E-state index contributed by atoms with van der Waals surface area (Å²) in [5.41, 5.74) is 0.908. The molecule has 0 aliphatic heterocycles. The van der Waals surface area contributed by atoms with Gasteiger partial charge in [-0.1, -0.05) is 42.5 Å². The summed E-state index contributed by atoms with van der Waals surface area (Å²) in [5, 5.41) is 0. The molecule has 0 fully saturated rings. The molecule has 0 heterocycles. The fourth-order valence-electron chi connectivity index (χ4n) is 1.72. The van der Waals surface area contributed by atoms with E-state index in [1.165, 1.54) is 18.2 Å². The molecule has 0 aromatic heterocycles. The van der Waals surface area contributed by atoms with Gasteiger partial charge in [0.05, 0.1) is 11.3 Å². The lowest BCUT2D eigenvalue weighted by atomic mass is 10.1. The average molecular weight is 276 g/mol. The average Bonchev–Trinajstić information content (AvgIpc) is 2.40. The number of benzene rings is 2. The van der Waals surface area contributed by atoms with E-state index < -0.39 is 22.4 Å². The number of Topliss-reactive ketones (excluding diaryl/α,β-unsaturated/α-hetero) is 1. The zero-order valence-corrected chi connectivity index (χ0v) is 11.0. The molecule has 2 rings (SSSR count). The highest BCUT2D eigenvalue weighted by Crippen LogP contribution is 2.09. The molecule has 0 amide bonds. The van der Waals surface area contributed by atoms with Gasteiger partial charge in [0.1, 0.15) is 5.82 Å². The van der Waals surface area contributed by atoms with Gasteiger partial charge >= 0.3 is 0 Å². The predicted molar refractivity (Wildman–Crippen MR) is 73.9 cm³/mol. The van der Waals surface area contributed by atoms with Gasteiger partial charge in [-0.2, -0.15) is 0 Å². The van der Waals surface area contributed by atoms with Crippen molar-refractivity contribution in [3.05, 3.63) is 71.5 Å². The highest BCUT2D eigenvalue weighted by atomic mass is 32.2. The Morgan fingerprint density at radius 1 is 1.00 bits per heavy atom. The first kappa shape index (κ1) is 13.6. The zero-order valence-electron chi connectivity index (χ0n) is 10.2. The molecular weight excluding hydrogens is 263 g/mol. The number of halogens is 1. The molecule has 2 aromatic rings. The lowest BCUT2D eigenvalue weighted by molar-refractivity contribution is 0.101. The van der Waals surface area contributed by atoms with Crippen LogP contribution in [0.15, 0.2) is 54.6 Å². The largest absolute Gasteiger partial charge is 0.293 e. The van der Waals surface area contributed by atoms with Crippen molar-refractivity contribution >= 4 is 16.6 Å². The van der Waals surface area contributed by atoms with Gasteiger partial charge in [0.15, 0.2) is 5.78 Å². The second kappa shape index (κ2) is 6.38. The number of carbonyl (C=O) groups is 1. The second-order valence-corrected chi connectivity index (χ2v) is 5.57. The minimum Gasteiger partial charge on any atom is -0.293 e. The molecule has 1 atom stereocenters. The SMILES string of the molecule is O=C(CS(=O)Cc1ccccc1)c1ccccc1F. The minimum atomic E-state index is -1.33. The number of hydrogen-bond acceptors (Lipinski definition) is 2. The van der Waals surface area contributed by atoms with Gasteiger partial charge in [-0.3, -0.25) is 9.00 Å². The highest BCUT2D eigenvalue weighted by molar-refractivity contribution is 7.85. The summed E-state index contributed by atoms with van der Waals surface area (Å²) in [6.45, 7) is 0. The Hall–Kier alpha value is -1.81. The molecule has 0 spiro atoms. The van der Waals surface area contributed by atoms with Crippen molar-refractivity contribution in [1.29, 1.82) is 0 Å². The smallest absolute Gasteiger partial charge is 0.178 e. The third-order valence-corrected chi connectivity index (χ3v) is 3.88. The molecule has 1 unspecified atom stereocenters. The van der Waals surface area contributed by atoms with E-state index in [9.17, 15) is 13.4 Å². The Morgan fingerprint density at radius 2 is 1.63 bits per heavy atom. The van der Waals surface area contributed by atoms with E-state index in [0.717, 1.165) is 5.56 Å². The summed E-state index contributed by atoms with van der Waals surface area (Å²) >= 11 is 0. The predicted octanol–water partition coefficient (Wildman–Crippen LogP) is 2.96. The van der Waals surface area contributed by atoms with Crippen LogP contribution in [0, 0.1) is 5.82 Å². The van der Waals surface area contributed by atoms with E-state index in [1.807, 2.05) is 30.3 Å². The maximum atomic E-state index is 13.4. The van der Waals surface area contributed by atoms with Crippen LogP contribution >= 0.6 is 0 Å². The molecule has 0 saturated carbocycles. The van der Waals surface area contributed by atoms with Gasteiger partial charge in [-0.05, 0) is 17.7 Å². The van der Waals surface area contributed by atoms with Crippen LogP contribution < -0.4 is 0 Å². The van der Waals surface area contributed by atoms with Crippen LogP contribution in [0.5, 0.6) is 0 Å². The molecule has 0 aliphatic carbocycles. The van der Waals surface area contributed by atoms with Gasteiger partial charge in [0.2, 0.25) is 0 Å². The molecule has 98 valence electrons. The summed E-state index contributed by atoms with van der Waals surface area (Å²) in [6, 6.07) is 15.0.